The van der Waals surface area contributed by atoms with E-state index in [4.69, 9.17) is 9.84 Å². The Labute approximate surface area is 202 Å². The molecule has 0 aliphatic heterocycles. The number of carboxylic acid groups (broad SMARTS) is 1. The van der Waals surface area contributed by atoms with Crippen LogP contribution < -0.4 is 10.1 Å². The van der Waals surface area contributed by atoms with E-state index in [9.17, 15) is 23.1 Å². The van der Waals surface area contributed by atoms with E-state index < -0.39 is 28.8 Å². The normalized spacial score (nSPS) is 13.9. The molecule has 0 amide bonds. The first-order valence-electron chi connectivity index (χ1n) is 11.3. The minimum Gasteiger partial charge on any atom is -0.478 e. The molecule has 0 fully saturated rings. The van der Waals surface area contributed by atoms with Crippen LogP contribution in [0.15, 0.2) is 54.6 Å². The number of nitrogens with zero attached hydrogens (tertiary/aromatic N) is 2. The van der Waals surface area contributed by atoms with E-state index in [-0.39, 0.29) is 0 Å². The molecule has 1 atom stereocenters. The van der Waals surface area contributed by atoms with Crippen LogP contribution in [-0.4, -0.2) is 33.5 Å². The summed E-state index contributed by atoms with van der Waals surface area (Å²) in [5, 5.41) is 17.3. The molecule has 0 spiro atoms. The summed E-state index contributed by atoms with van der Waals surface area (Å²) in [5.41, 5.74) is 0.132. The summed E-state index contributed by atoms with van der Waals surface area (Å²) in [7, 11) is 1.82. The van der Waals surface area contributed by atoms with Gasteiger partial charge in [-0.2, -0.15) is 18.3 Å². The Morgan fingerprint density at radius 2 is 1.60 bits per heavy atom. The topological polar surface area (TPSA) is 76.4 Å². The number of ether oxygens (including phenoxy) is 1. The highest BCUT2D eigenvalue weighted by Crippen LogP contribution is 2.35. The Kier molecular flexibility index (Phi) is 7.31. The Morgan fingerprint density at radius 1 is 1.03 bits per heavy atom. The maximum absolute atomic E-state index is 13.0. The number of nitrogens with one attached hydrogen (secondary N) is 1. The number of carbonyl (C=O) groups is 1. The number of alkyl halides is 3. The predicted octanol–water partition coefficient (Wildman–Crippen LogP) is 5.70. The maximum Gasteiger partial charge on any atom is 0.416 e. The van der Waals surface area contributed by atoms with Crippen LogP contribution in [0.2, 0.25) is 0 Å². The minimum absolute atomic E-state index is 0.423. The molecule has 2 aromatic carbocycles. The summed E-state index contributed by atoms with van der Waals surface area (Å²) in [4.78, 5) is 11.4. The average Bonchev–Trinajstić information content (AvgIpc) is 3.23. The predicted molar refractivity (Wildman–Crippen MR) is 127 cm³/mol. The minimum atomic E-state index is -4.40. The van der Waals surface area contributed by atoms with E-state index in [1.165, 1.54) is 26.0 Å². The van der Waals surface area contributed by atoms with Gasteiger partial charge in [-0.3, -0.25) is 4.68 Å². The first-order valence-corrected chi connectivity index (χ1v) is 11.3. The molecule has 1 aromatic heterocycles. The number of halogens is 3. The van der Waals surface area contributed by atoms with Crippen LogP contribution in [0.5, 0.6) is 5.75 Å². The van der Waals surface area contributed by atoms with Gasteiger partial charge in [-0.1, -0.05) is 31.2 Å². The molecule has 3 rings (SSSR count). The summed E-state index contributed by atoms with van der Waals surface area (Å²) in [6.07, 6.45) is -3.58. The summed E-state index contributed by atoms with van der Waals surface area (Å²) >= 11 is 0. The molecule has 0 saturated heterocycles. The van der Waals surface area contributed by atoms with Crippen molar-refractivity contribution in [1.82, 2.24) is 15.1 Å². The van der Waals surface area contributed by atoms with Gasteiger partial charge in [0.2, 0.25) is 0 Å². The molecule has 6 nitrogen and oxygen atoms in total. The van der Waals surface area contributed by atoms with Crippen molar-refractivity contribution in [3.05, 3.63) is 71.4 Å². The molecule has 0 aliphatic rings. The Hall–Kier alpha value is -3.33. The third kappa shape index (κ3) is 5.51. The van der Waals surface area contributed by atoms with Crippen LogP contribution in [-0.2, 0) is 23.1 Å². The van der Waals surface area contributed by atoms with Gasteiger partial charge in [0.15, 0.2) is 5.60 Å². The van der Waals surface area contributed by atoms with Gasteiger partial charge in [-0.15, -0.1) is 0 Å². The number of aryl methyl sites for hydroxylation is 1. The lowest BCUT2D eigenvalue weighted by molar-refractivity contribution is -0.152. The van der Waals surface area contributed by atoms with E-state index in [0.29, 0.717) is 23.6 Å². The fourth-order valence-electron chi connectivity index (χ4n) is 3.79. The monoisotopic (exact) mass is 489 g/mol. The molecule has 0 aliphatic carbocycles. The van der Waals surface area contributed by atoms with Gasteiger partial charge >= 0.3 is 12.1 Å². The lowest BCUT2D eigenvalue weighted by atomic mass is 9.88. The summed E-state index contributed by atoms with van der Waals surface area (Å²) in [6.45, 7) is 7.60. The first-order chi connectivity index (χ1) is 16.3. The zero-order valence-electron chi connectivity index (χ0n) is 20.4. The molecule has 9 heteroatoms. The van der Waals surface area contributed by atoms with Crippen molar-refractivity contribution in [3.63, 3.8) is 0 Å². The molecular formula is C26H30F3N3O3. The van der Waals surface area contributed by atoms with E-state index >= 15 is 0 Å². The third-order valence-corrected chi connectivity index (χ3v) is 6.06. The molecule has 3 aromatic rings. The van der Waals surface area contributed by atoms with E-state index in [2.05, 4.69) is 5.32 Å². The van der Waals surface area contributed by atoms with Crippen molar-refractivity contribution in [2.24, 2.45) is 0 Å². The van der Waals surface area contributed by atoms with Crippen molar-refractivity contribution in [3.8, 4) is 17.0 Å². The molecule has 0 bridgehead atoms. The number of benzene rings is 2. The van der Waals surface area contributed by atoms with Gasteiger partial charge in [0.05, 0.1) is 22.5 Å². The van der Waals surface area contributed by atoms with Crippen molar-refractivity contribution in [1.29, 1.82) is 0 Å². The first kappa shape index (κ1) is 26.3. The summed E-state index contributed by atoms with van der Waals surface area (Å²) in [5.74, 6) is -0.645. The summed E-state index contributed by atoms with van der Waals surface area (Å²) < 4.78 is 46.4. The standard InChI is InChI=1S/C26H30F3N3O3/c1-6-15-32-22(16-21(31-32)17-7-9-19(10-8-17)26(27,28)29)25(4,30-5)18-11-13-20(14-12-18)35-24(2,3)23(33)34/h7-14,16,30H,6,15H2,1-5H3,(H,33,34). The van der Waals surface area contributed by atoms with Crippen LogP contribution in [0.1, 0.15) is 50.9 Å². The highest BCUT2D eigenvalue weighted by molar-refractivity contribution is 5.76. The smallest absolute Gasteiger partial charge is 0.416 e. The Bertz CT molecular complexity index is 1170. The van der Waals surface area contributed by atoms with Crippen molar-refractivity contribution in [2.45, 2.75) is 58.0 Å². The number of rotatable bonds is 9. The molecule has 35 heavy (non-hydrogen) atoms. The largest absolute Gasteiger partial charge is 0.478 e. The van der Waals surface area contributed by atoms with Crippen molar-refractivity contribution >= 4 is 5.97 Å². The van der Waals surface area contributed by atoms with Crippen LogP contribution in [0.3, 0.4) is 0 Å². The number of hydrogen-bond acceptors (Lipinski definition) is 4. The zero-order valence-corrected chi connectivity index (χ0v) is 20.4. The summed E-state index contributed by atoms with van der Waals surface area (Å²) in [6, 6.07) is 14.0. The van der Waals surface area contributed by atoms with Gasteiger partial charge < -0.3 is 15.2 Å². The van der Waals surface area contributed by atoms with Crippen LogP contribution in [0, 0.1) is 0 Å². The lowest BCUT2D eigenvalue weighted by Gasteiger charge is -2.31. The average molecular weight is 490 g/mol. The van der Waals surface area contributed by atoms with Crippen LogP contribution in [0.4, 0.5) is 13.2 Å². The second-order valence-electron chi connectivity index (χ2n) is 9.03. The molecule has 0 saturated carbocycles. The third-order valence-electron chi connectivity index (χ3n) is 6.06. The molecule has 188 valence electrons. The highest BCUT2D eigenvalue weighted by Gasteiger charge is 2.34. The Balaban J connectivity index is 1.99. The van der Waals surface area contributed by atoms with Gasteiger partial charge in [0.1, 0.15) is 5.75 Å². The zero-order chi connectivity index (χ0) is 26.0. The fraction of sp³-hybridized carbons (Fsp3) is 0.385. The highest BCUT2D eigenvalue weighted by atomic mass is 19.4. The second kappa shape index (κ2) is 9.73. The maximum atomic E-state index is 13.0. The molecule has 0 radical (unpaired) electrons. The van der Waals surface area contributed by atoms with Crippen LogP contribution in [0.25, 0.3) is 11.3 Å². The SMILES string of the molecule is CCCn1nc(-c2ccc(C(F)(F)F)cc2)cc1C(C)(NC)c1ccc(OC(C)(C)C(=O)O)cc1. The van der Waals surface area contributed by atoms with E-state index in [1.54, 1.807) is 12.1 Å². The van der Waals surface area contributed by atoms with Crippen molar-refractivity contribution < 1.29 is 27.8 Å². The van der Waals surface area contributed by atoms with Crippen molar-refractivity contribution in [2.75, 3.05) is 7.05 Å². The van der Waals surface area contributed by atoms with Gasteiger partial charge in [-0.25, -0.2) is 4.79 Å². The quantitative estimate of drug-likeness (QED) is 0.403. The van der Waals surface area contributed by atoms with E-state index in [0.717, 1.165) is 29.8 Å². The number of aromatic nitrogens is 2. The molecule has 1 unspecified atom stereocenters. The fourth-order valence-corrected chi connectivity index (χ4v) is 3.79. The van der Waals surface area contributed by atoms with Gasteiger partial charge in [-0.05, 0) is 70.1 Å². The van der Waals surface area contributed by atoms with E-state index in [1.807, 2.05) is 43.8 Å². The molecular weight excluding hydrogens is 459 g/mol. The molecule has 2 N–H and O–H groups in total. The lowest BCUT2D eigenvalue weighted by Crippen LogP contribution is -2.40. The number of hydrogen-bond donors (Lipinski definition) is 2. The van der Waals surface area contributed by atoms with Gasteiger partial charge in [0, 0.05) is 12.1 Å². The Morgan fingerprint density at radius 3 is 2.09 bits per heavy atom. The number of aliphatic carboxylic acids is 1. The second-order valence-corrected chi connectivity index (χ2v) is 9.03. The van der Waals surface area contributed by atoms with Gasteiger partial charge in [0.25, 0.3) is 0 Å². The molecule has 1 heterocycles. The number of carboxylic acids is 1. The van der Waals surface area contributed by atoms with Crippen LogP contribution >= 0.6 is 0 Å².